The minimum absolute atomic E-state index is 0.00973. The molecule has 2 fully saturated rings. The van der Waals surface area contributed by atoms with Gasteiger partial charge in [0, 0.05) is 31.6 Å². The molecule has 3 rings (SSSR count). The van der Waals surface area contributed by atoms with E-state index in [4.69, 9.17) is 9.47 Å². The van der Waals surface area contributed by atoms with Crippen molar-refractivity contribution in [2.45, 2.75) is 50.5 Å². The lowest BCUT2D eigenvalue weighted by molar-refractivity contribution is -0.160. The number of thioether (sulfide) groups is 1. The second kappa shape index (κ2) is 8.26. The number of nitrogens with one attached hydrogen (secondary N) is 1. The fourth-order valence-corrected chi connectivity index (χ4v) is 4.79. The summed E-state index contributed by atoms with van der Waals surface area (Å²) in [6, 6.07) is 0. The molecule has 1 N–H and O–H groups in total. The van der Waals surface area contributed by atoms with Crippen molar-refractivity contribution in [3.8, 4) is 0 Å². The first-order valence-corrected chi connectivity index (χ1v) is 9.89. The minimum Gasteiger partial charge on any atom is -0.461 e. The number of rotatable bonds is 5. The Labute approximate surface area is 157 Å². The van der Waals surface area contributed by atoms with Gasteiger partial charge in [-0.25, -0.2) is 0 Å². The van der Waals surface area contributed by atoms with Gasteiger partial charge in [-0.1, -0.05) is 12.0 Å². The Balaban J connectivity index is 1.79. The Bertz CT molecular complexity index is 664. The van der Waals surface area contributed by atoms with E-state index in [9.17, 15) is 14.4 Å². The average Bonchev–Trinajstić information content (AvgIpc) is 2.64. The molecule has 26 heavy (non-hydrogen) atoms. The van der Waals surface area contributed by atoms with E-state index in [1.807, 2.05) is 0 Å². The number of carbonyl (C=O) groups excluding carboxylic acids is 3. The highest BCUT2D eigenvalue weighted by atomic mass is 32.2. The molecule has 2 atom stereocenters. The summed E-state index contributed by atoms with van der Waals surface area (Å²) < 4.78 is 10.3. The van der Waals surface area contributed by atoms with Gasteiger partial charge in [0.15, 0.2) is 6.10 Å². The highest BCUT2D eigenvalue weighted by Gasteiger charge is 2.53. The maximum absolute atomic E-state index is 12.8. The van der Waals surface area contributed by atoms with Crippen molar-refractivity contribution in [2.75, 3.05) is 19.5 Å². The van der Waals surface area contributed by atoms with Crippen molar-refractivity contribution in [3.63, 3.8) is 0 Å². The molecule has 0 bridgehead atoms. The third kappa shape index (κ3) is 3.81. The van der Waals surface area contributed by atoms with E-state index in [0.717, 1.165) is 25.7 Å². The van der Waals surface area contributed by atoms with Gasteiger partial charge in [-0.05, 0) is 25.7 Å². The van der Waals surface area contributed by atoms with Crippen LogP contribution in [0.2, 0.25) is 0 Å². The molecule has 3 aliphatic rings. The molecule has 2 heterocycles. The molecule has 1 saturated carbocycles. The van der Waals surface area contributed by atoms with Crippen molar-refractivity contribution < 1.29 is 23.9 Å². The Morgan fingerprint density at radius 3 is 2.69 bits per heavy atom. The average molecular weight is 380 g/mol. The highest BCUT2D eigenvalue weighted by molar-refractivity contribution is 8.00. The second-order valence-electron chi connectivity index (χ2n) is 6.64. The van der Waals surface area contributed by atoms with Crippen molar-refractivity contribution in [1.82, 2.24) is 10.2 Å². The van der Waals surface area contributed by atoms with Gasteiger partial charge in [0.05, 0.1) is 0 Å². The Morgan fingerprint density at radius 1 is 1.31 bits per heavy atom. The van der Waals surface area contributed by atoms with Crippen LogP contribution in [0.1, 0.15) is 39.0 Å². The van der Waals surface area contributed by atoms with Gasteiger partial charge in [0.25, 0.3) is 11.8 Å². The van der Waals surface area contributed by atoms with Gasteiger partial charge in [-0.2, -0.15) is 0 Å². The summed E-state index contributed by atoms with van der Waals surface area (Å²) >= 11 is 1.51. The van der Waals surface area contributed by atoms with Crippen molar-refractivity contribution in [2.24, 2.45) is 0 Å². The van der Waals surface area contributed by atoms with Gasteiger partial charge in [-0.15, -0.1) is 11.8 Å². The third-order valence-electron chi connectivity index (χ3n) is 4.82. The number of fused-ring (bicyclic) bond motifs is 1. The van der Waals surface area contributed by atoms with Crippen molar-refractivity contribution >= 4 is 29.5 Å². The second-order valence-corrected chi connectivity index (χ2v) is 7.74. The normalized spacial score (nSPS) is 25.4. The summed E-state index contributed by atoms with van der Waals surface area (Å²) in [6.07, 6.45) is 6.73. The number of esters is 1. The molecule has 0 spiro atoms. The van der Waals surface area contributed by atoms with Crippen LogP contribution in [0.3, 0.4) is 0 Å². The molecular weight excluding hydrogens is 356 g/mol. The Morgan fingerprint density at radius 2 is 2.04 bits per heavy atom. The molecule has 0 radical (unpaired) electrons. The van der Waals surface area contributed by atoms with Crippen LogP contribution in [0.5, 0.6) is 0 Å². The van der Waals surface area contributed by atoms with Crippen LogP contribution in [0.25, 0.3) is 0 Å². The van der Waals surface area contributed by atoms with Crippen molar-refractivity contribution in [3.05, 3.63) is 23.0 Å². The van der Waals surface area contributed by atoms with E-state index in [1.165, 1.54) is 42.7 Å². The lowest BCUT2D eigenvalue weighted by atomic mass is 9.96. The summed E-state index contributed by atoms with van der Waals surface area (Å²) in [5.41, 5.74) is 2.16. The largest absolute Gasteiger partial charge is 0.461 e. The molecule has 2 aliphatic heterocycles. The molecule has 0 aromatic rings. The predicted octanol–water partition coefficient (Wildman–Crippen LogP) is 1.70. The van der Waals surface area contributed by atoms with Gasteiger partial charge < -0.3 is 14.8 Å². The fraction of sp³-hybridized carbons (Fsp3) is 0.611. The number of carbonyl (C=O) groups is 3. The first-order chi connectivity index (χ1) is 12.5. The summed E-state index contributed by atoms with van der Waals surface area (Å²) in [6.45, 7) is 1.33. The Kier molecular flexibility index (Phi) is 6.03. The number of nitrogens with zero attached hydrogens (tertiary/aromatic N) is 1. The summed E-state index contributed by atoms with van der Waals surface area (Å²) in [4.78, 5) is 37.8. The molecule has 142 valence electrons. The number of hydrogen-bond acceptors (Lipinski definition) is 6. The van der Waals surface area contributed by atoms with Crippen LogP contribution in [-0.4, -0.2) is 53.6 Å². The van der Waals surface area contributed by atoms with Gasteiger partial charge >= 0.3 is 5.97 Å². The summed E-state index contributed by atoms with van der Waals surface area (Å²) in [5.74, 6) is -0.474. The standard InChI is InChI=1S/C18H24N2O5S/c1-11(21)25-9-13-10-26-18-15(24-2)17(23)20(18)14(13)16(22)19-8-12-6-4-3-5-7-12/h8,15,18H,3-7,9-10H2,1-2H3,(H,19,22)/t15-,18+/m0/s1. The maximum Gasteiger partial charge on any atom is 0.302 e. The maximum atomic E-state index is 12.8. The molecule has 7 nitrogen and oxygen atoms in total. The van der Waals surface area contributed by atoms with E-state index in [-0.39, 0.29) is 23.8 Å². The lowest BCUT2D eigenvalue weighted by Gasteiger charge is -2.49. The third-order valence-corrected chi connectivity index (χ3v) is 6.13. The Hall–Kier alpha value is -1.80. The monoisotopic (exact) mass is 380 g/mol. The zero-order valence-corrected chi connectivity index (χ0v) is 15.9. The molecule has 0 unspecified atom stereocenters. The molecule has 2 amide bonds. The van der Waals surface area contributed by atoms with Crippen molar-refractivity contribution in [1.29, 1.82) is 0 Å². The molecular formula is C18H24N2O5S. The first-order valence-electron chi connectivity index (χ1n) is 8.84. The van der Waals surface area contributed by atoms with E-state index in [2.05, 4.69) is 5.32 Å². The van der Waals surface area contributed by atoms with Crippen LogP contribution in [-0.2, 0) is 23.9 Å². The van der Waals surface area contributed by atoms with E-state index in [0.29, 0.717) is 17.0 Å². The lowest BCUT2D eigenvalue weighted by Crippen LogP contribution is -2.66. The summed E-state index contributed by atoms with van der Waals surface area (Å²) in [7, 11) is 1.49. The van der Waals surface area contributed by atoms with Crippen LogP contribution < -0.4 is 5.32 Å². The van der Waals surface area contributed by atoms with Crippen LogP contribution >= 0.6 is 11.8 Å². The first kappa shape index (κ1) is 19.0. The van der Waals surface area contributed by atoms with Crippen LogP contribution in [0.4, 0.5) is 0 Å². The number of β-lactam (4-membered cyclic amide) rings is 1. The van der Waals surface area contributed by atoms with E-state index < -0.39 is 12.1 Å². The van der Waals surface area contributed by atoms with E-state index in [1.54, 1.807) is 6.20 Å². The highest BCUT2D eigenvalue weighted by Crippen LogP contribution is 2.41. The van der Waals surface area contributed by atoms with Gasteiger partial charge in [-0.3, -0.25) is 19.3 Å². The molecule has 0 aromatic heterocycles. The molecule has 8 heteroatoms. The minimum atomic E-state index is -0.533. The number of methoxy groups -OCH3 is 1. The zero-order chi connectivity index (χ0) is 18.7. The van der Waals surface area contributed by atoms with Gasteiger partial charge in [0.1, 0.15) is 17.7 Å². The number of ether oxygens (including phenoxy) is 2. The zero-order valence-electron chi connectivity index (χ0n) is 15.1. The molecule has 0 aromatic carbocycles. The number of hydrogen-bond donors (Lipinski definition) is 1. The van der Waals surface area contributed by atoms with Crippen LogP contribution in [0, 0.1) is 0 Å². The smallest absolute Gasteiger partial charge is 0.302 e. The molecule has 1 aliphatic carbocycles. The SMILES string of the molecule is CO[C@H]1C(=O)N2C(C(=O)NC=C3CCCCC3)=C(COC(C)=O)CS[C@H]12. The van der Waals surface area contributed by atoms with E-state index >= 15 is 0 Å². The topological polar surface area (TPSA) is 84.9 Å². The van der Waals surface area contributed by atoms with Crippen LogP contribution in [0.15, 0.2) is 23.0 Å². The van der Waals surface area contributed by atoms with Gasteiger partial charge in [0.2, 0.25) is 0 Å². The number of allylic oxidation sites excluding steroid dienone is 1. The fourth-order valence-electron chi connectivity index (χ4n) is 3.43. The predicted molar refractivity (Wildman–Crippen MR) is 96.9 cm³/mol. The number of amides is 2. The summed E-state index contributed by atoms with van der Waals surface area (Å²) in [5, 5.41) is 2.62. The molecule has 1 saturated heterocycles. The quantitative estimate of drug-likeness (QED) is 0.577.